The molecule has 6 heteroatoms. The average molecular weight is 368 g/mol. The lowest BCUT2D eigenvalue weighted by molar-refractivity contribution is 0.701. The molecule has 0 bridgehead atoms. The Balaban J connectivity index is 1.46. The number of thiophene rings is 1. The van der Waals surface area contributed by atoms with Crippen molar-refractivity contribution >= 4 is 17.3 Å². The Morgan fingerprint density at radius 3 is 2.65 bits per heavy atom. The van der Waals surface area contributed by atoms with E-state index < -0.39 is 0 Å². The van der Waals surface area contributed by atoms with E-state index in [-0.39, 0.29) is 0 Å². The van der Waals surface area contributed by atoms with Gasteiger partial charge in [0.15, 0.2) is 5.96 Å². The molecule has 0 spiro atoms. The quantitative estimate of drug-likeness (QED) is 0.497. The summed E-state index contributed by atoms with van der Waals surface area (Å²) >= 11 is 1.74. The number of benzene rings is 1. The second kappa shape index (κ2) is 9.20. The minimum absolute atomic E-state index is 0.460. The van der Waals surface area contributed by atoms with Crippen LogP contribution in [0.2, 0.25) is 0 Å². The molecule has 0 aliphatic carbocycles. The third kappa shape index (κ3) is 5.20. The van der Waals surface area contributed by atoms with Crippen molar-refractivity contribution in [2.75, 3.05) is 13.6 Å². The normalized spacial score (nSPS) is 12.8. The van der Waals surface area contributed by atoms with Gasteiger partial charge in [0.2, 0.25) is 0 Å². The van der Waals surface area contributed by atoms with Crippen LogP contribution in [0.3, 0.4) is 0 Å². The number of nitrogens with one attached hydrogen (secondary N) is 2. The van der Waals surface area contributed by atoms with Crippen molar-refractivity contribution in [2.45, 2.75) is 25.9 Å². The highest BCUT2D eigenvalue weighted by Gasteiger charge is 2.07. The molecule has 2 N–H and O–H groups in total. The molecule has 1 unspecified atom stereocenters. The van der Waals surface area contributed by atoms with Crippen molar-refractivity contribution in [2.24, 2.45) is 4.99 Å². The third-order valence-electron chi connectivity index (χ3n) is 4.32. The largest absolute Gasteiger partial charge is 0.356 e. The first-order chi connectivity index (χ1) is 12.7. The molecule has 0 amide bonds. The van der Waals surface area contributed by atoms with Crippen molar-refractivity contribution in [3.05, 3.63) is 76.5 Å². The lowest BCUT2D eigenvalue weighted by Gasteiger charge is -2.15. The maximum absolute atomic E-state index is 4.31. The second-order valence-corrected chi connectivity index (χ2v) is 7.10. The van der Waals surface area contributed by atoms with Gasteiger partial charge in [-0.2, -0.15) is 11.3 Å². The molecule has 2 aromatic heterocycles. The number of guanidine groups is 1. The Kier molecular flexibility index (Phi) is 6.44. The molecular formula is C20H25N5S. The molecule has 0 saturated carbocycles. The van der Waals surface area contributed by atoms with Gasteiger partial charge in [-0.3, -0.25) is 4.99 Å². The van der Waals surface area contributed by atoms with Crippen LogP contribution in [-0.4, -0.2) is 29.1 Å². The lowest BCUT2D eigenvalue weighted by Crippen LogP contribution is -2.38. The molecule has 0 aliphatic rings. The summed E-state index contributed by atoms with van der Waals surface area (Å²) in [5.74, 6) is 1.29. The van der Waals surface area contributed by atoms with Crippen LogP contribution in [0.4, 0.5) is 0 Å². The number of nitrogens with zero attached hydrogens (tertiary/aromatic N) is 3. The fraction of sp³-hybridized carbons (Fsp3) is 0.300. The monoisotopic (exact) mass is 367 g/mol. The van der Waals surface area contributed by atoms with E-state index in [0.717, 1.165) is 25.6 Å². The number of rotatable bonds is 7. The average Bonchev–Trinajstić information content (AvgIpc) is 3.37. The van der Waals surface area contributed by atoms with Crippen LogP contribution in [-0.2, 0) is 13.1 Å². The van der Waals surface area contributed by atoms with E-state index in [1.165, 1.54) is 16.7 Å². The molecule has 3 aromatic rings. The van der Waals surface area contributed by atoms with E-state index in [1.807, 2.05) is 12.5 Å². The smallest absolute Gasteiger partial charge is 0.191 e. The van der Waals surface area contributed by atoms with Gasteiger partial charge in [-0.1, -0.05) is 31.2 Å². The van der Waals surface area contributed by atoms with Gasteiger partial charge in [0.25, 0.3) is 0 Å². The fourth-order valence-corrected chi connectivity index (χ4v) is 3.47. The molecule has 1 atom stereocenters. The van der Waals surface area contributed by atoms with Crippen molar-refractivity contribution < 1.29 is 0 Å². The van der Waals surface area contributed by atoms with Crippen LogP contribution >= 0.6 is 11.3 Å². The number of hydrogen-bond donors (Lipinski definition) is 2. The van der Waals surface area contributed by atoms with Gasteiger partial charge in [0.1, 0.15) is 0 Å². The minimum atomic E-state index is 0.460. The van der Waals surface area contributed by atoms with E-state index in [1.54, 1.807) is 24.6 Å². The second-order valence-electron chi connectivity index (χ2n) is 6.32. The van der Waals surface area contributed by atoms with Gasteiger partial charge in [-0.25, -0.2) is 4.98 Å². The van der Waals surface area contributed by atoms with E-state index >= 15 is 0 Å². The maximum atomic E-state index is 4.31. The first-order valence-electron chi connectivity index (χ1n) is 8.75. The molecule has 2 heterocycles. The van der Waals surface area contributed by atoms with E-state index in [9.17, 15) is 0 Å². The summed E-state index contributed by atoms with van der Waals surface area (Å²) in [4.78, 5) is 8.38. The van der Waals surface area contributed by atoms with Gasteiger partial charge in [-0.05, 0) is 39.4 Å². The molecule has 26 heavy (non-hydrogen) atoms. The minimum Gasteiger partial charge on any atom is -0.356 e. The first-order valence-corrected chi connectivity index (χ1v) is 9.69. The molecule has 1 aromatic carbocycles. The lowest BCUT2D eigenvalue weighted by atomic mass is 10.1. The van der Waals surface area contributed by atoms with Crippen LogP contribution in [0.1, 0.15) is 29.5 Å². The zero-order valence-electron chi connectivity index (χ0n) is 15.2. The van der Waals surface area contributed by atoms with Gasteiger partial charge < -0.3 is 15.2 Å². The Morgan fingerprint density at radius 1 is 1.19 bits per heavy atom. The van der Waals surface area contributed by atoms with Crippen LogP contribution in [0.15, 0.2) is 64.8 Å². The summed E-state index contributed by atoms with van der Waals surface area (Å²) in [6, 6.07) is 10.8. The van der Waals surface area contributed by atoms with Crippen molar-refractivity contribution in [1.82, 2.24) is 20.2 Å². The van der Waals surface area contributed by atoms with Crippen LogP contribution in [0.25, 0.3) is 0 Å². The molecule has 0 fully saturated rings. The zero-order chi connectivity index (χ0) is 18.2. The van der Waals surface area contributed by atoms with E-state index in [0.29, 0.717) is 5.92 Å². The summed E-state index contributed by atoms with van der Waals surface area (Å²) in [7, 11) is 1.80. The highest BCUT2D eigenvalue weighted by molar-refractivity contribution is 7.07. The predicted octanol–water partition coefficient (Wildman–Crippen LogP) is 3.46. The highest BCUT2D eigenvalue weighted by atomic mass is 32.1. The molecule has 3 rings (SSSR count). The maximum Gasteiger partial charge on any atom is 0.191 e. The molecule has 0 aliphatic heterocycles. The highest BCUT2D eigenvalue weighted by Crippen LogP contribution is 2.17. The molecule has 136 valence electrons. The Bertz CT molecular complexity index is 791. The fourth-order valence-electron chi connectivity index (χ4n) is 2.68. The SMILES string of the molecule is CN=C(NCc1ccc(Cn2ccnc2)cc1)NCC(C)c1ccsc1. The molecular weight excluding hydrogens is 342 g/mol. The van der Waals surface area contributed by atoms with Gasteiger partial charge >= 0.3 is 0 Å². The third-order valence-corrected chi connectivity index (χ3v) is 5.02. The van der Waals surface area contributed by atoms with Crippen molar-refractivity contribution in [3.63, 3.8) is 0 Å². The summed E-state index contributed by atoms with van der Waals surface area (Å²) in [6.07, 6.45) is 5.61. The van der Waals surface area contributed by atoms with Crippen LogP contribution in [0, 0.1) is 0 Å². The van der Waals surface area contributed by atoms with E-state index in [4.69, 9.17) is 0 Å². The van der Waals surface area contributed by atoms with Crippen LogP contribution in [0.5, 0.6) is 0 Å². The Hall–Kier alpha value is -2.60. The van der Waals surface area contributed by atoms with Gasteiger partial charge in [-0.15, -0.1) is 0 Å². The van der Waals surface area contributed by atoms with Crippen molar-refractivity contribution in [1.29, 1.82) is 0 Å². The summed E-state index contributed by atoms with van der Waals surface area (Å²) in [5.41, 5.74) is 3.86. The summed E-state index contributed by atoms with van der Waals surface area (Å²) in [6.45, 7) is 4.68. The number of hydrogen-bond acceptors (Lipinski definition) is 3. The van der Waals surface area contributed by atoms with Crippen molar-refractivity contribution in [3.8, 4) is 0 Å². The van der Waals surface area contributed by atoms with E-state index in [2.05, 4.69) is 73.2 Å². The Labute approximate surface area is 158 Å². The number of aromatic nitrogens is 2. The zero-order valence-corrected chi connectivity index (χ0v) is 16.0. The van der Waals surface area contributed by atoms with Gasteiger partial charge in [0.05, 0.1) is 6.33 Å². The first kappa shape index (κ1) is 18.2. The standard InChI is InChI=1S/C20H25N5S/c1-16(19-7-10-26-14-19)11-23-20(21-2)24-12-17-3-5-18(6-4-17)13-25-9-8-22-15-25/h3-10,14-16H,11-13H2,1-2H3,(H2,21,23,24). The van der Waals surface area contributed by atoms with Gasteiger partial charge in [0, 0.05) is 39.1 Å². The number of imidazole rings is 1. The number of aliphatic imine (C=N–C) groups is 1. The summed E-state index contributed by atoms with van der Waals surface area (Å²) < 4.78 is 2.06. The predicted molar refractivity (Wildman–Crippen MR) is 109 cm³/mol. The topological polar surface area (TPSA) is 54.2 Å². The van der Waals surface area contributed by atoms with Crippen LogP contribution < -0.4 is 10.6 Å². The molecule has 0 saturated heterocycles. The summed E-state index contributed by atoms with van der Waals surface area (Å²) in [5, 5.41) is 11.1. The molecule has 0 radical (unpaired) electrons. The molecule has 5 nitrogen and oxygen atoms in total. The Morgan fingerprint density at radius 2 is 2.00 bits per heavy atom.